The fourth-order valence-electron chi connectivity index (χ4n) is 4.18. The molecule has 2 nitrogen and oxygen atoms in total. The van der Waals surface area contributed by atoms with Crippen LogP contribution in [0.5, 0.6) is 0 Å². The largest absolute Gasteiger partial charge is 0.455 e. The van der Waals surface area contributed by atoms with E-state index in [1.165, 1.54) is 31.5 Å². The number of pyridine rings is 1. The molecule has 0 spiro atoms. The smallest absolute Gasteiger partial charge is 0.144 e. The van der Waals surface area contributed by atoms with Crippen LogP contribution in [0, 0.1) is 13.8 Å². The summed E-state index contributed by atoms with van der Waals surface area (Å²) in [6.45, 7) is 11.0. The number of aryl methyl sites for hydroxylation is 2. The maximum atomic E-state index is 6.49. The molecule has 0 bridgehead atoms. The Hall–Kier alpha value is -2.65. The second-order valence-electron chi connectivity index (χ2n) is 8.63. The van der Waals surface area contributed by atoms with Crippen molar-refractivity contribution in [2.45, 2.75) is 40.0 Å². The summed E-state index contributed by atoms with van der Waals surface area (Å²) in [4.78, 5) is 6.06. The molecule has 3 heteroatoms. The van der Waals surface area contributed by atoms with Gasteiger partial charge in [0, 0.05) is 37.5 Å². The van der Waals surface area contributed by atoms with Crippen molar-refractivity contribution in [3.63, 3.8) is 0 Å². The van der Waals surface area contributed by atoms with Crippen LogP contribution in [-0.2, 0) is 5.41 Å². The first-order valence-corrected chi connectivity index (χ1v) is 10.5. The molecule has 140 valence electrons. The molecule has 3 heterocycles. The normalized spacial score (nSPS) is 12.5. The molecule has 5 rings (SSSR count). The second kappa shape index (κ2) is 5.92. The Bertz CT molecular complexity index is 1360. The number of benzene rings is 2. The van der Waals surface area contributed by atoms with Crippen molar-refractivity contribution in [1.29, 1.82) is 0 Å². The molecule has 28 heavy (non-hydrogen) atoms. The Balaban J connectivity index is 1.83. The fraction of sp³-hybridized carbons (Fsp3) is 0.240. The first kappa shape index (κ1) is 17.4. The number of furan rings is 1. The predicted octanol–water partition coefficient (Wildman–Crippen LogP) is 7.78. The van der Waals surface area contributed by atoms with Gasteiger partial charge in [-0.1, -0.05) is 32.9 Å². The monoisotopic (exact) mass is 385 g/mol. The standard InChI is InChI=1S/C25H23NOS/c1-14-13-26-21(12-20(14)25(3,4)5)18-8-6-7-16-17-9-10-22-19(11-15(2)28-22)24(17)27-23(16)18/h6-13H,1-5H3. The molecule has 0 aliphatic heterocycles. The molecule has 0 fully saturated rings. The van der Waals surface area contributed by atoms with Crippen LogP contribution in [0.2, 0.25) is 0 Å². The van der Waals surface area contributed by atoms with Crippen molar-refractivity contribution in [2.75, 3.05) is 0 Å². The Morgan fingerprint density at radius 3 is 2.46 bits per heavy atom. The number of thiophene rings is 1. The molecule has 0 saturated carbocycles. The zero-order valence-electron chi connectivity index (χ0n) is 16.9. The summed E-state index contributed by atoms with van der Waals surface area (Å²) in [7, 11) is 0. The molecule has 0 aliphatic carbocycles. The van der Waals surface area contributed by atoms with Gasteiger partial charge in [-0.05, 0) is 60.7 Å². The van der Waals surface area contributed by atoms with Crippen molar-refractivity contribution in [1.82, 2.24) is 4.98 Å². The molecular formula is C25H23NOS. The maximum absolute atomic E-state index is 6.49. The lowest BCUT2D eigenvalue weighted by atomic mass is 9.84. The number of para-hydroxylation sites is 1. The lowest BCUT2D eigenvalue weighted by Gasteiger charge is -2.22. The molecule has 5 aromatic rings. The molecule has 0 saturated heterocycles. The zero-order valence-corrected chi connectivity index (χ0v) is 17.7. The number of rotatable bonds is 1. The highest BCUT2D eigenvalue weighted by Gasteiger charge is 2.20. The first-order chi connectivity index (χ1) is 13.3. The molecule has 0 radical (unpaired) electrons. The SMILES string of the molecule is Cc1cc2c(ccc3c4cccc(-c5cc(C(C)(C)C)c(C)cn5)c4oc23)s1. The minimum atomic E-state index is 0.0733. The van der Waals surface area contributed by atoms with Crippen molar-refractivity contribution < 1.29 is 4.42 Å². The summed E-state index contributed by atoms with van der Waals surface area (Å²) in [5.41, 5.74) is 6.55. The molecule has 3 aromatic heterocycles. The van der Waals surface area contributed by atoms with E-state index in [1.54, 1.807) is 0 Å². The minimum absolute atomic E-state index is 0.0733. The molecular weight excluding hydrogens is 362 g/mol. The maximum Gasteiger partial charge on any atom is 0.144 e. The van der Waals surface area contributed by atoms with Crippen molar-refractivity contribution in [3.05, 3.63) is 64.7 Å². The van der Waals surface area contributed by atoms with Crippen LogP contribution in [0.15, 0.2) is 53.1 Å². The van der Waals surface area contributed by atoms with Gasteiger partial charge in [0.15, 0.2) is 0 Å². The Morgan fingerprint density at radius 2 is 1.68 bits per heavy atom. The van der Waals surface area contributed by atoms with Crippen LogP contribution < -0.4 is 0 Å². The Morgan fingerprint density at radius 1 is 0.893 bits per heavy atom. The number of aromatic nitrogens is 1. The van der Waals surface area contributed by atoms with Gasteiger partial charge in [-0.25, -0.2) is 0 Å². The van der Waals surface area contributed by atoms with E-state index in [0.717, 1.165) is 27.8 Å². The quantitative estimate of drug-likeness (QED) is 0.294. The summed E-state index contributed by atoms with van der Waals surface area (Å²) in [6, 6.07) is 15.2. The van der Waals surface area contributed by atoms with Crippen molar-refractivity contribution in [2.24, 2.45) is 0 Å². The van der Waals surface area contributed by atoms with Gasteiger partial charge in [0.25, 0.3) is 0 Å². The molecule has 0 atom stereocenters. The highest BCUT2D eigenvalue weighted by molar-refractivity contribution is 7.19. The number of hydrogen-bond acceptors (Lipinski definition) is 3. The average Bonchev–Trinajstić information content (AvgIpc) is 3.20. The summed E-state index contributed by atoms with van der Waals surface area (Å²) in [5, 5.41) is 3.53. The highest BCUT2D eigenvalue weighted by Crippen LogP contribution is 2.40. The van der Waals surface area contributed by atoms with Gasteiger partial charge in [-0.2, -0.15) is 0 Å². The molecule has 0 unspecified atom stereocenters. The van der Waals surface area contributed by atoms with E-state index in [-0.39, 0.29) is 5.41 Å². The molecule has 0 amide bonds. The third kappa shape index (κ3) is 2.57. The molecule has 2 aromatic carbocycles. The van der Waals surface area contributed by atoms with E-state index >= 15 is 0 Å². The Labute approximate surface area is 168 Å². The van der Waals surface area contributed by atoms with E-state index < -0.39 is 0 Å². The highest BCUT2D eigenvalue weighted by atomic mass is 32.1. The van der Waals surface area contributed by atoms with Gasteiger partial charge in [0.1, 0.15) is 11.2 Å². The van der Waals surface area contributed by atoms with Gasteiger partial charge < -0.3 is 4.42 Å². The summed E-state index contributed by atoms with van der Waals surface area (Å²) in [5.74, 6) is 0. The summed E-state index contributed by atoms with van der Waals surface area (Å²) in [6.07, 6.45) is 1.98. The van der Waals surface area contributed by atoms with E-state index in [0.29, 0.717) is 0 Å². The van der Waals surface area contributed by atoms with Gasteiger partial charge in [-0.15, -0.1) is 11.3 Å². The van der Waals surface area contributed by atoms with E-state index in [2.05, 4.69) is 77.1 Å². The average molecular weight is 386 g/mol. The van der Waals surface area contributed by atoms with E-state index in [4.69, 9.17) is 9.40 Å². The lowest BCUT2D eigenvalue weighted by molar-refractivity contribution is 0.585. The third-order valence-corrected chi connectivity index (χ3v) is 6.49. The number of fused-ring (bicyclic) bond motifs is 5. The second-order valence-corrected chi connectivity index (χ2v) is 9.92. The van der Waals surface area contributed by atoms with Gasteiger partial charge in [0.05, 0.1) is 5.69 Å². The van der Waals surface area contributed by atoms with Crippen LogP contribution >= 0.6 is 11.3 Å². The third-order valence-electron chi connectivity index (χ3n) is 5.47. The first-order valence-electron chi connectivity index (χ1n) is 9.65. The zero-order chi connectivity index (χ0) is 19.6. The van der Waals surface area contributed by atoms with Crippen LogP contribution in [0.3, 0.4) is 0 Å². The molecule has 0 aliphatic rings. The Kier molecular flexibility index (Phi) is 3.69. The summed E-state index contributed by atoms with van der Waals surface area (Å²) < 4.78 is 7.76. The van der Waals surface area contributed by atoms with Crippen molar-refractivity contribution >= 4 is 43.4 Å². The van der Waals surface area contributed by atoms with Crippen LogP contribution in [0.25, 0.3) is 43.3 Å². The van der Waals surface area contributed by atoms with Gasteiger partial charge in [-0.3, -0.25) is 4.98 Å². The number of nitrogens with zero attached hydrogens (tertiary/aromatic N) is 1. The lowest BCUT2D eigenvalue weighted by Crippen LogP contribution is -2.13. The van der Waals surface area contributed by atoms with Crippen LogP contribution in [-0.4, -0.2) is 4.98 Å². The van der Waals surface area contributed by atoms with E-state index in [9.17, 15) is 0 Å². The van der Waals surface area contributed by atoms with Crippen LogP contribution in [0.1, 0.15) is 36.8 Å². The van der Waals surface area contributed by atoms with Crippen LogP contribution in [0.4, 0.5) is 0 Å². The van der Waals surface area contributed by atoms with E-state index in [1.807, 2.05) is 17.5 Å². The van der Waals surface area contributed by atoms with Gasteiger partial charge >= 0.3 is 0 Å². The minimum Gasteiger partial charge on any atom is -0.455 e. The topological polar surface area (TPSA) is 26.0 Å². The predicted molar refractivity (Wildman–Crippen MR) is 121 cm³/mol. The number of hydrogen-bond donors (Lipinski definition) is 0. The summed E-state index contributed by atoms with van der Waals surface area (Å²) >= 11 is 1.81. The molecule has 0 N–H and O–H groups in total. The fourth-order valence-corrected chi connectivity index (χ4v) is 5.10. The van der Waals surface area contributed by atoms with Gasteiger partial charge in [0.2, 0.25) is 0 Å². The van der Waals surface area contributed by atoms with Crippen molar-refractivity contribution in [3.8, 4) is 11.3 Å².